The van der Waals surface area contributed by atoms with Gasteiger partial charge in [-0.1, -0.05) is 78.8 Å². The topological polar surface area (TPSA) is 73.6 Å². The van der Waals surface area contributed by atoms with Crippen molar-refractivity contribution in [2.45, 2.75) is 98.1 Å². The highest BCUT2D eigenvalue weighted by molar-refractivity contribution is 6.01. The summed E-state index contributed by atoms with van der Waals surface area (Å²) < 4.78 is 1.61. The van der Waals surface area contributed by atoms with Crippen LogP contribution in [0.25, 0.3) is 5.69 Å². The first-order chi connectivity index (χ1) is 18.3. The average molecular weight is 531 g/mol. The van der Waals surface area contributed by atoms with E-state index in [0.717, 1.165) is 47.6 Å². The molecule has 1 aliphatic rings. The van der Waals surface area contributed by atoms with Gasteiger partial charge in [0, 0.05) is 29.6 Å². The Morgan fingerprint density at radius 2 is 1.77 bits per heavy atom. The largest absolute Gasteiger partial charge is 0.507 e. The molecule has 1 atom stereocenters. The first kappa shape index (κ1) is 28.9. The average Bonchev–Trinajstić information content (AvgIpc) is 3.43. The maximum absolute atomic E-state index is 13.4. The highest BCUT2D eigenvalue weighted by atomic mass is 16.3. The summed E-state index contributed by atoms with van der Waals surface area (Å²) in [5, 5.41) is 14.6. The minimum absolute atomic E-state index is 0.00570. The summed E-state index contributed by atoms with van der Waals surface area (Å²) in [6, 6.07) is 14.3. The van der Waals surface area contributed by atoms with Crippen LogP contribution < -0.4 is 5.56 Å². The van der Waals surface area contributed by atoms with Gasteiger partial charge in [0.15, 0.2) is 0 Å². The number of aromatic hydroxyl groups is 1. The van der Waals surface area contributed by atoms with Gasteiger partial charge in [-0.25, -0.2) is 4.68 Å². The van der Waals surface area contributed by atoms with Crippen molar-refractivity contribution in [2.24, 2.45) is 4.99 Å². The molecule has 1 saturated heterocycles. The number of aromatic nitrogens is 2. The Balaban J connectivity index is 1.60. The van der Waals surface area contributed by atoms with Crippen LogP contribution in [0.5, 0.6) is 5.75 Å². The lowest BCUT2D eigenvalue weighted by atomic mass is 9.79. The van der Waals surface area contributed by atoms with Crippen LogP contribution in [0.1, 0.15) is 95.7 Å². The van der Waals surface area contributed by atoms with Gasteiger partial charge in [0.1, 0.15) is 5.75 Å². The fraction of sp³-hybridized carbons (Fsp3) is 0.515. The second-order valence-electron chi connectivity index (χ2n) is 13.0. The van der Waals surface area contributed by atoms with Crippen molar-refractivity contribution in [1.82, 2.24) is 14.7 Å². The lowest BCUT2D eigenvalue weighted by Crippen LogP contribution is -2.32. The zero-order valence-electron chi connectivity index (χ0n) is 25.1. The molecule has 0 radical (unpaired) electrons. The number of para-hydroxylation sites is 1. The number of phenolic OH excluding ortho intramolecular Hbond substituents is 1. The summed E-state index contributed by atoms with van der Waals surface area (Å²) in [5.74, 6) is 0.420. The molecule has 1 aromatic heterocycles. The molecular weight excluding hydrogens is 484 g/mol. The zero-order chi connectivity index (χ0) is 28.5. The molecule has 2 heterocycles. The van der Waals surface area contributed by atoms with E-state index in [0.29, 0.717) is 30.8 Å². The molecule has 0 amide bonds. The summed E-state index contributed by atoms with van der Waals surface area (Å²) >= 11 is 0. The maximum atomic E-state index is 13.4. The Morgan fingerprint density at radius 3 is 2.38 bits per heavy atom. The number of likely N-dealkylation sites (tertiary alicyclic amines) is 1. The van der Waals surface area contributed by atoms with E-state index in [-0.39, 0.29) is 22.4 Å². The van der Waals surface area contributed by atoms with Crippen molar-refractivity contribution >= 4 is 5.71 Å². The lowest BCUT2D eigenvalue weighted by Gasteiger charge is -2.30. The predicted molar refractivity (Wildman–Crippen MR) is 162 cm³/mol. The fourth-order valence-electron chi connectivity index (χ4n) is 5.58. The quantitative estimate of drug-likeness (QED) is 0.336. The molecule has 39 heavy (non-hydrogen) atoms. The van der Waals surface area contributed by atoms with Gasteiger partial charge in [0.2, 0.25) is 0 Å². The van der Waals surface area contributed by atoms with Crippen LogP contribution in [0.3, 0.4) is 0 Å². The van der Waals surface area contributed by atoms with E-state index >= 15 is 0 Å². The van der Waals surface area contributed by atoms with E-state index in [1.165, 1.54) is 5.56 Å². The minimum atomic E-state index is -0.147. The van der Waals surface area contributed by atoms with Crippen LogP contribution in [0.15, 0.2) is 52.3 Å². The van der Waals surface area contributed by atoms with Gasteiger partial charge >= 0.3 is 0 Å². The normalized spacial score (nSPS) is 17.2. The van der Waals surface area contributed by atoms with Crippen molar-refractivity contribution in [3.8, 4) is 11.4 Å². The van der Waals surface area contributed by atoms with E-state index in [4.69, 9.17) is 4.99 Å². The van der Waals surface area contributed by atoms with E-state index in [2.05, 4.69) is 70.6 Å². The minimum Gasteiger partial charge on any atom is -0.507 e. The monoisotopic (exact) mass is 530 g/mol. The Kier molecular flexibility index (Phi) is 8.27. The Hall–Kier alpha value is -3.12. The molecule has 1 fully saturated rings. The molecular formula is C33H46N4O2. The number of hydrogen-bond donors (Lipinski definition) is 2. The van der Waals surface area contributed by atoms with E-state index < -0.39 is 0 Å². The molecule has 0 unspecified atom stereocenters. The molecule has 6 nitrogen and oxygen atoms in total. The first-order valence-corrected chi connectivity index (χ1v) is 14.3. The molecule has 210 valence electrons. The molecule has 1 aliphatic heterocycles. The van der Waals surface area contributed by atoms with Crippen LogP contribution in [-0.2, 0) is 17.4 Å². The molecule has 0 saturated carbocycles. The van der Waals surface area contributed by atoms with Gasteiger partial charge in [0.05, 0.1) is 17.8 Å². The van der Waals surface area contributed by atoms with Gasteiger partial charge in [0.25, 0.3) is 5.56 Å². The number of rotatable bonds is 7. The highest BCUT2D eigenvalue weighted by Gasteiger charge is 2.29. The van der Waals surface area contributed by atoms with Crippen molar-refractivity contribution in [2.75, 3.05) is 13.1 Å². The summed E-state index contributed by atoms with van der Waals surface area (Å²) in [5.41, 5.74) is 6.23. The number of H-pyrrole nitrogens is 1. The van der Waals surface area contributed by atoms with Gasteiger partial charge in [-0.15, -0.1) is 0 Å². The number of aromatic amines is 1. The first-order valence-electron chi connectivity index (χ1n) is 14.3. The summed E-state index contributed by atoms with van der Waals surface area (Å²) in [6.07, 6.45) is 2.86. The molecule has 6 heteroatoms. The Labute approximate surface area is 233 Å². The fourth-order valence-corrected chi connectivity index (χ4v) is 5.58. The van der Waals surface area contributed by atoms with Crippen LogP contribution >= 0.6 is 0 Å². The Bertz CT molecular complexity index is 1380. The summed E-state index contributed by atoms with van der Waals surface area (Å²) in [6.45, 7) is 19.5. The zero-order valence-corrected chi connectivity index (χ0v) is 25.1. The number of aliphatic imine (C=N–C) groups is 1. The number of nitrogens with one attached hydrogen (secondary N) is 1. The molecule has 0 bridgehead atoms. The second-order valence-corrected chi connectivity index (χ2v) is 13.0. The smallest absolute Gasteiger partial charge is 0.280 e. The van der Waals surface area contributed by atoms with Crippen molar-refractivity contribution in [1.29, 1.82) is 0 Å². The third kappa shape index (κ3) is 6.22. The SMILES string of the molecule is CCC(=NC[C@@H]1CCCN1Cc1cc(C(C)(C)C)cc(C(C)(C)C)c1O)c1c(C)[nH]n(-c2ccccc2)c1=O. The number of nitrogens with zero attached hydrogens (tertiary/aromatic N) is 3. The van der Waals surface area contributed by atoms with Crippen LogP contribution in [0.4, 0.5) is 0 Å². The van der Waals surface area contributed by atoms with Crippen LogP contribution in [-0.4, -0.2) is 44.6 Å². The van der Waals surface area contributed by atoms with E-state index in [1.807, 2.05) is 37.3 Å². The van der Waals surface area contributed by atoms with Crippen LogP contribution in [0.2, 0.25) is 0 Å². The van der Waals surface area contributed by atoms with Gasteiger partial charge in [-0.2, -0.15) is 0 Å². The van der Waals surface area contributed by atoms with Crippen molar-refractivity contribution in [3.63, 3.8) is 0 Å². The maximum Gasteiger partial charge on any atom is 0.280 e. The van der Waals surface area contributed by atoms with Gasteiger partial charge < -0.3 is 5.11 Å². The van der Waals surface area contributed by atoms with Crippen molar-refractivity contribution < 1.29 is 5.11 Å². The summed E-state index contributed by atoms with van der Waals surface area (Å²) in [7, 11) is 0. The third-order valence-corrected chi connectivity index (χ3v) is 7.94. The number of hydrogen-bond acceptors (Lipinski definition) is 4. The third-order valence-electron chi connectivity index (χ3n) is 7.94. The molecule has 0 aliphatic carbocycles. The molecule has 2 aromatic carbocycles. The number of phenols is 1. The standard InChI is InChI=1S/C33H46N4O2/c1-9-28(29-22(2)35-37(31(29)39)25-14-11-10-12-15-25)34-20-26-16-13-17-36(26)21-23-18-24(32(3,4)5)19-27(30(23)38)33(6,7)8/h10-12,14-15,18-19,26,35,38H,9,13,16-17,20-21H2,1-8H3/t26-/m0/s1. The lowest BCUT2D eigenvalue weighted by molar-refractivity contribution is 0.246. The van der Waals surface area contributed by atoms with E-state index in [9.17, 15) is 9.90 Å². The van der Waals surface area contributed by atoms with Crippen LogP contribution in [0, 0.1) is 6.92 Å². The summed E-state index contributed by atoms with van der Waals surface area (Å²) in [4.78, 5) is 20.9. The number of benzene rings is 2. The molecule has 3 aromatic rings. The van der Waals surface area contributed by atoms with E-state index in [1.54, 1.807) is 4.68 Å². The second kappa shape index (κ2) is 11.2. The molecule has 2 N–H and O–H groups in total. The number of aryl methyl sites for hydroxylation is 1. The highest BCUT2D eigenvalue weighted by Crippen LogP contribution is 2.38. The predicted octanol–water partition coefficient (Wildman–Crippen LogP) is 6.64. The molecule has 4 rings (SSSR count). The van der Waals surface area contributed by atoms with Crippen molar-refractivity contribution in [3.05, 3.63) is 80.8 Å². The van der Waals surface area contributed by atoms with Gasteiger partial charge in [-0.3, -0.25) is 19.8 Å². The van der Waals surface area contributed by atoms with Gasteiger partial charge in [-0.05, 0) is 66.8 Å². The molecule has 0 spiro atoms. The Morgan fingerprint density at radius 1 is 1.08 bits per heavy atom.